The average molecular weight is 209 g/mol. The minimum absolute atomic E-state index is 0. The van der Waals surface area contributed by atoms with Crippen LogP contribution in [0.1, 0.15) is 0 Å². The first-order valence-corrected chi connectivity index (χ1v) is 2.17. The summed E-state index contributed by atoms with van der Waals surface area (Å²) in [7, 11) is -2.17. The van der Waals surface area contributed by atoms with E-state index < -0.39 is 7.32 Å². The summed E-state index contributed by atoms with van der Waals surface area (Å²) >= 11 is 0.100. The van der Waals surface area contributed by atoms with Crippen molar-refractivity contribution in [3.63, 3.8) is 0 Å². The summed E-state index contributed by atoms with van der Waals surface area (Å²) < 4.78 is 8.38. The Morgan fingerprint density at radius 3 is 1.14 bits per heavy atom. The van der Waals surface area contributed by atoms with E-state index in [9.17, 15) is 0 Å². The van der Waals surface area contributed by atoms with Gasteiger partial charge in [-0.15, -0.1) is 0 Å². The van der Waals surface area contributed by atoms with Crippen molar-refractivity contribution in [1.82, 2.24) is 0 Å². The number of rotatable bonds is 0. The molecule has 0 saturated carbocycles. The van der Waals surface area contributed by atoms with Gasteiger partial charge in [0.1, 0.15) is 0 Å². The molecule has 7 heteroatoms. The molecule has 0 radical (unpaired) electrons. The zero-order chi connectivity index (χ0) is 5.58. The van der Waals surface area contributed by atoms with Crippen LogP contribution in [0.15, 0.2) is 0 Å². The van der Waals surface area contributed by atoms with Crippen molar-refractivity contribution in [2.45, 2.75) is 0 Å². The topological polar surface area (TPSA) is 77.8 Å². The van der Waals surface area contributed by atoms with Crippen LogP contribution in [0, 0.1) is 0 Å². The van der Waals surface area contributed by atoms with Gasteiger partial charge in [-0.3, -0.25) is 0 Å². The summed E-state index contributed by atoms with van der Waals surface area (Å²) in [5.41, 5.74) is 0. The normalized spacial score (nSPS) is 4.71. The van der Waals surface area contributed by atoms with Gasteiger partial charge in [-0.05, 0) is 0 Å². The van der Waals surface area contributed by atoms with Gasteiger partial charge >= 0.3 is 78.1 Å². The van der Waals surface area contributed by atoms with E-state index in [0.717, 1.165) is 0 Å². The quantitative estimate of drug-likeness (QED) is 0.369. The molecular weight excluding hydrogens is 204 g/mol. The molecule has 0 aromatic heterocycles. The van der Waals surface area contributed by atoms with Crippen molar-refractivity contribution in [2.75, 3.05) is 0 Å². The van der Waals surface area contributed by atoms with Crippen LogP contribution in [-0.4, -0.2) is 60.1 Å². The maximum atomic E-state index is 8.38. The molecule has 3 N–H and O–H groups in total. The van der Waals surface area contributed by atoms with E-state index in [0.29, 0.717) is 0 Å². The minimum atomic E-state index is -2.17. The van der Waals surface area contributed by atoms with Gasteiger partial charge in [0.2, 0.25) is 0 Å². The van der Waals surface area contributed by atoms with E-state index >= 15 is 0 Å². The van der Waals surface area contributed by atoms with Crippen LogP contribution < -0.4 is 0 Å². The molecule has 0 spiro atoms. The average Bonchev–Trinajstić information content (AvgIpc) is 1.41. The second-order valence-corrected chi connectivity index (χ2v) is 0.346. The molecule has 0 rings (SSSR count). The van der Waals surface area contributed by atoms with E-state index in [1.807, 2.05) is 0 Å². The Morgan fingerprint density at radius 1 is 1.14 bits per heavy atom. The summed E-state index contributed by atoms with van der Waals surface area (Å²) in [5, 5.41) is 21.5. The SMILES string of the molecule is OB(O)O.[CaH2].[O]=[Y]. The summed E-state index contributed by atoms with van der Waals surface area (Å²) in [6, 6.07) is 0. The van der Waals surface area contributed by atoms with Gasteiger partial charge in [-0.25, -0.2) is 0 Å². The third-order valence-electron chi connectivity index (χ3n) is 0. The van der Waals surface area contributed by atoms with Gasteiger partial charge in [0.05, 0.1) is 0 Å². The van der Waals surface area contributed by atoms with Crippen LogP contribution in [0.3, 0.4) is 0 Å². The Bertz CT molecular complexity index is 22.9. The van der Waals surface area contributed by atoms with Crippen molar-refractivity contribution in [2.24, 2.45) is 0 Å². The summed E-state index contributed by atoms with van der Waals surface area (Å²) in [4.78, 5) is 0. The fourth-order valence-electron chi connectivity index (χ4n) is 0. The zero-order valence-electron chi connectivity index (χ0n) is 2.90. The predicted octanol–water partition coefficient (Wildman–Crippen LogP) is -3.09. The van der Waals surface area contributed by atoms with Crippen LogP contribution in [0.2, 0.25) is 0 Å². The second-order valence-electron chi connectivity index (χ2n) is 0.346. The predicted molar refractivity (Wildman–Crippen MR) is 21.6 cm³/mol. The van der Waals surface area contributed by atoms with Gasteiger partial charge in [-0.1, -0.05) is 0 Å². The van der Waals surface area contributed by atoms with Crippen LogP contribution >= 0.6 is 0 Å². The first kappa shape index (κ1) is 16.0. The summed E-state index contributed by atoms with van der Waals surface area (Å²) in [6.45, 7) is 0. The molecule has 0 atom stereocenters. The van der Waals surface area contributed by atoms with E-state index in [1.54, 1.807) is 0 Å². The first-order chi connectivity index (χ1) is 2.73. The van der Waals surface area contributed by atoms with E-state index in [4.69, 9.17) is 17.1 Å². The van der Waals surface area contributed by atoms with Crippen molar-refractivity contribution >= 4 is 45.1 Å². The number of hydrogen-bond acceptors (Lipinski definition) is 4. The molecule has 0 aliphatic carbocycles. The Morgan fingerprint density at radius 2 is 1.14 bits per heavy atom. The Balaban J connectivity index is -0.0000000480. The molecule has 37 valence electrons. The molecule has 7 heavy (non-hydrogen) atoms. The van der Waals surface area contributed by atoms with Crippen molar-refractivity contribution in [1.29, 1.82) is 0 Å². The van der Waals surface area contributed by atoms with E-state index in [2.05, 4.69) is 0 Å². The van der Waals surface area contributed by atoms with Gasteiger partial charge in [0.25, 0.3) is 0 Å². The van der Waals surface area contributed by atoms with Crippen molar-refractivity contribution in [3.8, 4) is 0 Å². The Kier molecular flexibility index (Phi) is 36.0. The van der Waals surface area contributed by atoms with Crippen LogP contribution in [-0.2, 0) is 33.1 Å². The number of hydrogen-bond donors (Lipinski definition) is 3. The van der Waals surface area contributed by atoms with Crippen LogP contribution in [0.4, 0.5) is 0 Å². The molecule has 0 aromatic rings. The van der Waals surface area contributed by atoms with Crippen LogP contribution in [0.5, 0.6) is 0 Å². The van der Waals surface area contributed by atoms with Gasteiger partial charge in [-0.2, -0.15) is 0 Å². The van der Waals surface area contributed by atoms with Gasteiger partial charge in [0.15, 0.2) is 0 Å². The van der Waals surface area contributed by atoms with Gasteiger partial charge < -0.3 is 15.1 Å². The Labute approximate surface area is 91.5 Å². The summed E-state index contributed by atoms with van der Waals surface area (Å²) in [6.07, 6.45) is 0. The van der Waals surface area contributed by atoms with Crippen LogP contribution in [0.25, 0.3) is 0 Å². The third kappa shape index (κ3) is 68.1. The Hall–Kier alpha value is 2.11. The molecule has 0 saturated heterocycles. The molecule has 0 amide bonds. The fraction of sp³-hybridized carbons (Fsp3) is 0. The molecular formula is H5BCaO4Y. The van der Waals surface area contributed by atoms with E-state index in [-0.39, 0.29) is 68.7 Å². The standard InChI is InChI=1S/BH3O3.Ca.O.Y.2H/c2-1(3)4;;;;;/h2-4H;;;;;. The molecule has 0 aliphatic heterocycles. The van der Waals surface area contributed by atoms with Crippen molar-refractivity contribution in [3.05, 3.63) is 0 Å². The molecule has 0 fully saturated rings. The zero-order valence-corrected chi connectivity index (χ0v) is 5.74. The molecule has 0 unspecified atom stereocenters. The molecule has 4 nitrogen and oxygen atoms in total. The molecule has 0 aliphatic rings. The van der Waals surface area contributed by atoms with Gasteiger partial charge in [0, 0.05) is 0 Å². The fourth-order valence-corrected chi connectivity index (χ4v) is 0. The molecule has 0 aromatic carbocycles. The molecule has 0 heterocycles. The first-order valence-electron chi connectivity index (χ1n) is 1.01. The third-order valence-corrected chi connectivity index (χ3v) is 0. The molecule has 0 bridgehead atoms. The van der Waals surface area contributed by atoms with Crippen molar-refractivity contribution < 1.29 is 48.1 Å². The maximum absolute atomic E-state index is 8.38. The second kappa shape index (κ2) is 15.7. The summed E-state index contributed by atoms with van der Waals surface area (Å²) in [5.74, 6) is 0. The van der Waals surface area contributed by atoms with E-state index in [1.165, 1.54) is 0 Å². The monoisotopic (exact) mass is 209 g/mol.